The molecule has 0 amide bonds. The highest BCUT2D eigenvalue weighted by molar-refractivity contribution is 7.46. The highest BCUT2D eigenvalue weighted by Gasteiger charge is 2.22. The highest BCUT2D eigenvalue weighted by Crippen LogP contribution is 2.35. The molecule has 204 valence electrons. The minimum absolute atomic E-state index is 0.145. The Morgan fingerprint density at radius 3 is 1.84 bits per heavy atom. The Balaban J connectivity index is 4.20. The number of unbranched alkanes of at least 4 members (excludes halogenated alkanes) is 12. The van der Waals surface area contributed by atoms with Crippen molar-refractivity contribution in [2.75, 3.05) is 13.2 Å². The molecule has 0 aliphatic carbocycles. The molecule has 0 fully saturated rings. The van der Waals surface area contributed by atoms with Gasteiger partial charge in [0.05, 0.1) is 6.61 Å². The van der Waals surface area contributed by atoms with Gasteiger partial charge in [0.15, 0.2) is 6.10 Å². The first kappa shape index (κ1) is 34.3. The zero-order chi connectivity index (χ0) is 27.6. The summed E-state index contributed by atoms with van der Waals surface area (Å²) < 4.78 is 25.4. The van der Waals surface area contributed by atoms with E-state index in [9.17, 15) is 14.2 Å². The van der Waals surface area contributed by atoms with E-state index in [0.717, 1.165) is 19.3 Å². The van der Waals surface area contributed by atoms with Crippen LogP contribution in [0.5, 0.6) is 0 Å². The number of terminal acetylenes is 1. The molecule has 0 spiro atoms. The van der Waals surface area contributed by atoms with Crippen molar-refractivity contribution in [1.29, 1.82) is 0 Å². The van der Waals surface area contributed by atoms with Gasteiger partial charge >= 0.3 is 19.8 Å². The van der Waals surface area contributed by atoms with Gasteiger partial charge in [-0.2, -0.15) is 0 Å². The van der Waals surface area contributed by atoms with Gasteiger partial charge in [0.1, 0.15) is 6.61 Å². The lowest BCUT2D eigenvalue weighted by atomic mass is 10.0. The molecular weight excluding hydrogens is 495 g/mol. The van der Waals surface area contributed by atoms with E-state index in [2.05, 4.69) is 52.9 Å². The van der Waals surface area contributed by atoms with Gasteiger partial charge in [-0.1, -0.05) is 84.0 Å². The molecule has 0 aliphatic rings. The molecule has 9 heteroatoms. The normalized spacial score (nSPS) is 10.9. The second-order valence-electron chi connectivity index (χ2n) is 8.38. The lowest BCUT2D eigenvalue weighted by Crippen LogP contribution is -2.29. The molecular formula is C28H39O8P. The molecule has 0 aromatic carbocycles. The third kappa shape index (κ3) is 26.2. The van der Waals surface area contributed by atoms with Crippen molar-refractivity contribution in [2.45, 2.75) is 103 Å². The number of phosphoric ester groups is 1. The molecule has 0 aliphatic heterocycles. The van der Waals surface area contributed by atoms with E-state index in [1.165, 1.54) is 57.8 Å². The van der Waals surface area contributed by atoms with Crippen LogP contribution in [0.2, 0.25) is 0 Å². The van der Waals surface area contributed by atoms with Crippen LogP contribution in [0.3, 0.4) is 0 Å². The summed E-state index contributed by atoms with van der Waals surface area (Å²) in [6, 6.07) is 0. The fourth-order valence-electron chi connectivity index (χ4n) is 3.25. The lowest BCUT2D eigenvalue weighted by Gasteiger charge is -2.17. The molecule has 0 heterocycles. The second kappa shape index (κ2) is 23.7. The molecule has 0 unspecified atom stereocenters. The maximum absolute atomic E-state index is 12.1. The van der Waals surface area contributed by atoms with E-state index in [1.54, 1.807) is 0 Å². The summed E-state index contributed by atoms with van der Waals surface area (Å²) in [6.45, 7) is 1.10. The van der Waals surface area contributed by atoms with E-state index in [0.29, 0.717) is 6.42 Å². The zero-order valence-electron chi connectivity index (χ0n) is 21.8. The quantitative estimate of drug-likeness (QED) is 0.0760. The van der Waals surface area contributed by atoms with Gasteiger partial charge in [0, 0.05) is 12.3 Å². The predicted molar refractivity (Wildman–Crippen MR) is 141 cm³/mol. The van der Waals surface area contributed by atoms with Crippen LogP contribution >= 0.6 is 7.82 Å². The minimum Gasteiger partial charge on any atom is -0.456 e. The van der Waals surface area contributed by atoms with Crippen LogP contribution in [0.1, 0.15) is 96.8 Å². The number of rotatable bonds is 20. The Bertz CT molecular complexity index is 927. The van der Waals surface area contributed by atoms with Crippen molar-refractivity contribution in [3.8, 4) is 47.9 Å². The number of ether oxygens (including phenoxy) is 2. The van der Waals surface area contributed by atoms with E-state index in [-0.39, 0.29) is 6.42 Å². The molecule has 0 aromatic rings. The van der Waals surface area contributed by atoms with Crippen molar-refractivity contribution in [3.63, 3.8) is 0 Å². The molecule has 2 N–H and O–H groups in total. The highest BCUT2D eigenvalue weighted by atomic mass is 31.2. The Kier molecular flexibility index (Phi) is 21.9. The van der Waals surface area contributed by atoms with Crippen molar-refractivity contribution >= 4 is 19.8 Å². The fraction of sp³-hybridized carbons (Fsp3) is 0.643. The zero-order valence-corrected chi connectivity index (χ0v) is 22.7. The summed E-state index contributed by atoms with van der Waals surface area (Å²) >= 11 is 0. The fourth-order valence-corrected chi connectivity index (χ4v) is 3.61. The van der Waals surface area contributed by atoms with Crippen LogP contribution in [-0.2, 0) is 28.2 Å². The largest absolute Gasteiger partial charge is 0.469 e. The number of carbonyl (C=O) groups excluding carboxylic acids is 2. The maximum atomic E-state index is 12.1. The molecule has 0 saturated heterocycles. The van der Waals surface area contributed by atoms with Crippen LogP contribution in [0.25, 0.3) is 0 Å². The van der Waals surface area contributed by atoms with Gasteiger partial charge in [-0.05, 0) is 41.9 Å². The Hall–Kier alpha value is -2.71. The van der Waals surface area contributed by atoms with Crippen LogP contribution in [0, 0.1) is 47.9 Å². The molecule has 8 nitrogen and oxygen atoms in total. The van der Waals surface area contributed by atoms with Crippen LogP contribution in [-0.4, -0.2) is 41.0 Å². The number of esters is 2. The summed E-state index contributed by atoms with van der Waals surface area (Å²) in [4.78, 5) is 41.6. The first-order valence-corrected chi connectivity index (χ1v) is 14.3. The van der Waals surface area contributed by atoms with Crippen molar-refractivity contribution < 1.29 is 37.9 Å². The van der Waals surface area contributed by atoms with Crippen LogP contribution in [0.4, 0.5) is 0 Å². The monoisotopic (exact) mass is 534 g/mol. The van der Waals surface area contributed by atoms with Crippen LogP contribution in [0.15, 0.2) is 0 Å². The average molecular weight is 535 g/mol. The first-order chi connectivity index (χ1) is 17.8. The number of hydrogen-bond donors (Lipinski definition) is 2. The predicted octanol–water partition coefficient (Wildman–Crippen LogP) is 4.68. The summed E-state index contributed by atoms with van der Waals surface area (Å²) in [7, 11) is -4.80. The summed E-state index contributed by atoms with van der Waals surface area (Å²) in [5.74, 6) is 14.0. The van der Waals surface area contributed by atoms with E-state index in [4.69, 9.17) is 25.7 Å². The molecule has 37 heavy (non-hydrogen) atoms. The SMILES string of the molecule is C#CC#CC#CC#CC(=O)OC[C@H](COP(=O)(O)O)OC(=O)CCCCCCCCCCCCCCC. The Morgan fingerprint density at radius 1 is 0.784 bits per heavy atom. The van der Waals surface area contributed by atoms with Gasteiger partial charge in [-0.15, -0.1) is 6.42 Å². The average Bonchev–Trinajstić information content (AvgIpc) is 2.85. The number of phosphoric acid groups is 1. The Morgan fingerprint density at radius 2 is 1.30 bits per heavy atom. The number of carbonyl (C=O) groups is 2. The van der Waals surface area contributed by atoms with E-state index >= 15 is 0 Å². The molecule has 0 saturated carbocycles. The van der Waals surface area contributed by atoms with Crippen LogP contribution < -0.4 is 0 Å². The van der Waals surface area contributed by atoms with Gasteiger partial charge in [0.2, 0.25) is 0 Å². The van der Waals surface area contributed by atoms with Gasteiger partial charge in [-0.3, -0.25) is 9.32 Å². The summed E-state index contributed by atoms with van der Waals surface area (Å²) in [6.07, 6.45) is 19.2. The molecule has 0 aromatic heterocycles. The minimum atomic E-state index is -4.80. The standard InChI is InChI=1S/C28H39O8P/c1-3-5-7-9-11-12-13-14-15-16-17-19-21-23-28(30)36-26(25-35-37(31,32)33)24-34-27(29)22-20-18-10-8-6-4-2/h2,26H,3,5,7,9,11-17,19,21,23-25H2,1H3,(H2,31,32,33)/t26-/m1/s1. The molecule has 0 radical (unpaired) electrons. The van der Waals surface area contributed by atoms with E-state index in [1.807, 2.05) is 0 Å². The van der Waals surface area contributed by atoms with E-state index < -0.39 is 39.1 Å². The number of hydrogen-bond acceptors (Lipinski definition) is 6. The van der Waals surface area contributed by atoms with Crippen molar-refractivity contribution in [1.82, 2.24) is 0 Å². The lowest BCUT2D eigenvalue weighted by molar-refractivity contribution is -0.158. The van der Waals surface area contributed by atoms with Gasteiger partial charge in [0.25, 0.3) is 0 Å². The van der Waals surface area contributed by atoms with Crippen molar-refractivity contribution in [3.05, 3.63) is 0 Å². The third-order valence-electron chi connectivity index (χ3n) is 5.10. The molecule has 0 rings (SSSR count). The second-order valence-corrected chi connectivity index (χ2v) is 9.62. The smallest absolute Gasteiger partial charge is 0.456 e. The first-order valence-electron chi connectivity index (χ1n) is 12.8. The molecule has 1 atom stereocenters. The topological polar surface area (TPSA) is 119 Å². The third-order valence-corrected chi connectivity index (χ3v) is 5.58. The van der Waals surface area contributed by atoms with Gasteiger partial charge in [-0.25, -0.2) is 9.36 Å². The summed E-state index contributed by atoms with van der Waals surface area (Å²) in [5.41, 5.74) is 0. The Labute approximate surface area is 221 Å². The van der Waals surface area contributed by atoms with Gasteiger partial charge < -0.3 is 19.3 Å². The molecule has 0 bridgehead atoms. The maximum Gasteiger partial charge on any atom is 0.469 e. The summed E-state index contributed by atoms with van der Waals surface area (Å²) in [5, 5.41) is 0. The van der Waals surface area contributed by atoms with Crippen molar-refractivity contribution in [2.24, 2.45) is 0 Å².